The van der Waals surface area contributed by atoms with E-state index in [1.165, 1.54) is 0 Å². The van der Waals surface area contributed by atoms with Crippen LogP contribution in [0.1, 0.15) is 0 Å². The van der Waals surface area contributed by atoms with Crippen LogP contribution in [0, 0.1) is 0 Å². The molecule has 0 aliphatic heterocycles. The molecule has 2 N–H and O–H groups in total. The highest BCUT2D eigenvalue weighted by atomic mass is 32.1. The third-order valence-electron chi connectivity index (χ3n) is 0.650. The zero-order valence-electron chi connectivity index (χ0n) is 3.59. The molecule has 1 aromatic heterocycles. The van der Waals surface area contributed by atoms with Gasteiger partial charge in [0.2, 0.25) is 0 Å². The number of hydrogen-bond acceptors (Lipinski definition) is 3. The Morgan fingerprint density at radius 2 is 2.57 bits per heavy atom. The zero-order valence-corrected chi connectivity index (χ0v) is 4.40. The molecule has 0 saturated carbocycles. The van der Waals surface area contributed by atoms with E-state index in [-0.39, 0.29) is 0 Å². The van der Waals surface area contributed by atoms with E-state index in [0.29, 0.717) is 0 Å². The van der Waals surface area contributed by atoms with Gasteiger partial charge in [0.1, 0.15) is 0 Å². The molecule has 0 spiro atoms. The average Bonchev–Trinajstić information content (AvgIpc) is 2.14. The Labute approximate surface area is 45.4 Å². The fourth-order valence-corrected chi connectivity index (χ4v) is 0.910. The number of hydrogen-bond donors (Lipinski definition) is 2. The molecule has 38 valence electrons. The standard InChI is InChI=1S/C4H5NOS/c6-5-4-1-2-7-3-4/h1-3,5-6H. The van der Waals surface area contributed by atoms with Crippen molar-refractivity contribution >= 4 is 17.0 Å². The number of nitrogens with one attached hydrogen (secondary N) is 1. The average molecular weight is 115 g/mol. The summed E-state index contributed by atoms with van der Waals surface area (Å²) < 4.78 is 0. The smallest absolute Gasteiger partial charge is 0.0708 e. The highest BCUT2D eigenvalue weighted by Crippen LogP contribution is 2.09. The van der Waals surface area contributed by atoms with Gasteiger partial charge in [-0.05, 0) is 11.4 Å². The highest BCUT2D eigenvalue weighted by molar-refractivity contribution is 7.08. The topological polar surface area (TPSA) is 32.3 Å². The lowest BCUT2D eigenvalue weighted by atomic mass is 10.6. The van der Waals surface area contributed by atoms with Gasteiger partial charge in [-0.25, -0.2) is 0 Å². The molecule has 0 fully saturated rings. The predicted octanol–water partition coefficient (Wildman–Crippen LogP) is 1.55. The summed E-state index contributed by atoms with van der Waals surface area (Å²) in [5.41, 5.74) is 2.77. The normalized spacial score (nSPS) is 8.71. The summed E-state index contributed by atoms with van der Waals surface area (Å²) in [6, 6.07) is 1.80. The van der Waals surface area contributed by atoms with Crippen molar-refractivity contribution in [3.8, 4) is 0 Å². The molecular weight excluding hydrogens is 110 g/mol. The van der Waals surface area contributed by atoms with Crippen LogP contribution in [0.2, 0.25) is 0 Å². The Bertz CT molecular complexity index is 126. The molecule has 1 aromatic rings. The molecule has 0 aliphatic rings. The van der Waals surface area contributed by atoms with Crippen molar-refractivity contribution in [2.24, 2.45) is 0 Å². The summed E-state index contributed by atoms with van der Waals surface area (Å²) in [5.74, 6) is 0. The van der Waals surface area contributed by atoms with Crippen molar-refractivity contribution in [2.45, 2.75) is 0 Å². The van der Waals surface area contributed by atoms with Gasteiger partial charge in [0.25, 0.3) is 0 Å². The summed E-state index contributed by atoms with van der Waals surface area (Å²) in [6.07, 6.45) is 0. The van der Waals surface area contributed by atoms with Gasteiger partial charge < -0.3 is 0 Å². The molecule has 7 heavy (non-hydrogen) atoms. The molecule has 1 rings (SSSR count). The van der Waals surface area contributed by atoms with Gasteiger partial charge in [0, 0.05) is 5.38 Å². The summed E-state index contributed by atoms with van der Waals surface area (Å²) in [4.78, 5) is 0. The van der Waals surface area contributed by atoms with Gasteiger partial charge in [-0.1, -0.05) is 0 Å². The van der Waals surface area contributed by atoms with Crippen LogP contribution in [-0.2, 0) is 0 Å². The van der Waals surface area contributed by atoms with Crippen LogP contribution >= 0.6 is 11.3 Å². The zero-order chi connectivity index (χ0) is 5.11. The van der Waals surface area contributed by atoms with E-state index in [0.717, 1.165) is 5.69 Å². The highest BCUT2D eigenvalue weighted by Gasteiger charge is 1.81. The first-order chi connectivity index (χ1) is 3.43. The third-order valence-corrected chi connectivity index (χ3v) is 1.33. The molecule has 1 heterocycles. The molecule has 0 radical (unpaired) electrons. The van der Waals surface area contributed by atoms with Crippen LogP contribution < -0.4 is 5.48 Å². The lowest BCUT2D eigenvalue weighted by Crippen LogP contribution is -1.82. The van der Waals surface area contributed by atoms with Crippen molar-refractivity contribution < 1.29 is 5.21 Å². The number of thiophene rings is 1. The second-order valence-electron chi connectivity index (χ2n) is 1.12. The Morgan fingerprint density at radius 1 is 1.71 bits per heavy atom. The molecule has 0 unspecified atom stereocenters. The minimum absolute atomic E-state index is 0.755. The quantitative estimate of drug-likeness (QED) is 0.544. The maximum Gasteiger partial charge on any atom is 0.0708 e. The monoisotopic (exact) mass is 115 g/mol. The van der Waals surface area contributed by atoms with Crippen molar-refractivity contribution in [3.63, 3.8) is 0 Å². The first-order valence-corrected chi connectivity index (χ1v) is 2.80. The van der Waals surface area contributed by atoms with Gasteiger partial charge in [0.05, 0.1) is 5.69 Å². The Morgan fingerprint density at radius 3 is 2.86 bits per heavy atom. The fourth-order valence-electron chi connectivity index (χ4n) is 0.328. The first-order valence-electron chi connectivity index (χ1n) is 1.86. The van der Waals surface area contributed by atoms with Crippen LogP contribution in [0.15, 0.2) is 16.8 Å². The first kappa shape index (κ1) is 4.61. The fraction of sp³-hybridized carbons (Fsp3) is 0. The molecular formula is C4H5NOS. The van der Waals surface area contributed by atoms with E-state index in [9.17, 15) is 0 Å². The van der Waals surface area contributed by atoms with E-state index < -0.39 is 0 Å². The molecule has 2 nitrogen and oxygen atoms in total. The summed E-state index contributed by atoms with van der Waals surface area (Å²) in [6.45, 7) is 0. The van der Waals surface area contributed by atoms with Gasteiger partial charge in [-0.2, -0.15) is 11.3 Å². The van der Waals surface area contributed by atoms with E-state index in [2.05, 4.69) is 0 Å². The molecule has 0 amide bonds. The van der Waals surface area contributed by atoms with Gasteiger partial charge in [-0.15, -0.1) is 0 Å². The summed E-state index contributed by atoms with van der Waals surface area (Å²) >= 11 is 1.54. The molecule has 0 saturated heterocycles. The minimum atomic E-state index is 0.755. The van der Waals surface area contributed by atoms with Crippen molar-refractivity contribution in [2.75, 3.05) is 5.48 Å². The second-order valence-corrected chi connectivity index (χ2v) is 1.90. The van der Waals surface area contributed by atoms with Gasteiger partial charge in [0.15, 0.2) is 0 Å². The van der Waals surface area contributed by atoms with E-state index in [4.69, 9.17) is 5.21 Å². The van der Waals surface area contributed by atoms with Gasteiger partial charge >= 0.3 is 0 Å². The third kappa shape index (κ3) is 0.913. The maximum absolute atomic E-state index is 8.18. The van der Waals surface area contributed by atoms with Crippen LogP contribution in [0.5, 0.6) is 0 Å². The Kier molecular flexibility index (Phi) is 1.29. The lowest BCUT2D eigenvalue weighted by Gasteiger charge is -1.84. The molecule has 0 aromatic carbocycles. The SMILES string of the molecule is ONc1ccsc1. The molecule has 0 atom stereocenters. The Hall–Kier alpha value is -0.540. The predicted molar refractivity (Wildman–Crippen MR) is 29.7 cm³/mol. The van der Waals surface area contributed by atoms with Crippen molar-refractivity contribution in [1.82, 2.24) is 0 Å². The molecule has 0 aliphatic carbocycles. The van der Waals surface area contributed by atoms with E-state index >= 15 is 0 Å². The van der Waals surface area contributed by atoms with Crippen LogP contribution in [0.3, 0.4) is 0 Å². The summed E-state index contributed by atoms with van der Waals surface area (Å²) in [7, 11) is 0. The largest absolute Gasteiger partial charge is 0.291 e. The lowest BCUT2D eigenvalue weighted by molar-refractivity contribution is 0.389. The maximum atomic E-state index is 8.18. The van der Waals surface area contributed by atoms with E-state index in [1.54, 1.807) is 17.4 Å². The van der Waals surface area contributed by atoms with E-state index in [1.807, 2.05) is 16.2 Å². The minimum Gasteiger partial charge on any atom is -0.291 e. The Balaban J connectivity index is 2.76. The van der Waals surface area contributed by atoms with Crippen LogP contribution in [0.4, 0.5) is 5.69 Å². The summed E-state index contributed by atoms with van der Waals surface area (Å²) in [5, 5.41) is 11.9. The van der Waals surface area contributed by atoms with Gasteiger partial charge in [-0.3, -0.25) is 10.7 Å². The molecule has 3 heteroatoms. The van der Waals surface area contributed by atoms with Crippen LogP contribution in [0.25, 0.3) is 0 Å². The van der Waals surface area contributed by atoms with Crippen LogP contribution in [-0.4, -0.2) is 5.21 Å². The molecule has 0 bridgehead atoms. The number of rotatable bonds is 1. The number of anilines is 1. The second kappa shape index (κ2) is 1.95. The van der Waals surface area contributed by atoms with Crippen molar-refractivity contribution in [3.05, 3.63) is 16.8 Å². The van der Waals surface area contributed by atoms with Crippen molar-refractivity contribution in [1.29, 1.82) is 0 Å².